The van der Waals surface area contributed by atoms with Crippen LogP contribution in [0.5, 0.6) is 0 Å². The van der Waals surface area contributed by atoms with E-state index in [2.05, 4.69) is 0 Å². The molecule has 1 aliphatic rings. The molecule has 1 N–H and O–H groups in total. The van der Waals surface area contributed by atoms with Gasteiger partial charge in [0, 0.05) is 25.8 Å². The fourth-order valence-corrected chi connectivity index (χ4v) is 2.25. The average molecular weight is 252 g/mol. The van der Waals surface area contributed by atoms with Gasteiger partial charge in [0.1, 0.15) is 11.9 Å². The number of benzene rings is 1. The Kier molecular flexibility index (Phi) is 3.81. The molecule has 0 aromatic heterocycles. The van der Waals surface area contributed by atoms with Crippen molar-refractivity contribution < 1.29 is 14.3 Å². The molecular weight excluding hydrogens is 235 g/mol. The van der Waals surface area contributed by atoms with Gasteiger partial charge in [-0.1, -0.05) is 0 Å². The molecule has 0 spiro atoms. The highest BCUT2D eigenvalue weighted by Crippen LogP contribution is 2.21. The van der Waals surface area contributed by atoms with E-state index in [0.29, 0.717) is 13.1 Å². The van der Waals surface area contributed by atoms with Crippen molar-refractivity contribution in [3.8, 4) is 0 Å². The van der Waals surface area contributed by atoms with Crippen molar-refractivity contribution in [3.05, 3.63) is 30.1 Å². The monoisotopic (exact) mass is 252 g/mol. The Morgan fingerprint density at radius 3 is 2.61 bits per heavy atom. The molecule has 1 atom stereocenters. The second kappa shape index (κ2) is 5.35. The first-order valence-electron chi connectivity index (χ1n) is 6.01. The van der Waals surface area contributed by atoms with Crippen molar-refractivity contribution in [1.29, 1.82) is 0 Å². The molecule has 0 radical (unpaired) electrons. The number of hydrogen-bond acceptors (Lipinski definition) is 3. The van der Waals surface area contributed by atoms with Crippen LogP contribution < -0.4 is 4.90 Å². The summed E-state index contributed by atoms with van der Waals surface area (Å²) in [6.07, 6.45) is 0.829. The summed E-state index contributed by atoms with van der Waals surface area (Å²) >= 11 is 0. The molecule has 1 heterocycles. The summed E-state index contributed by atoms with van der Waals surface area (Å²) in [6, 6.07) is 5.42. The van der Waals surface area contributed by atoms with Crippen LogP contribution in [0.4, 0.5) is 10.1 Å². The molecule has 18 heavy (non-hydrogen) atoms. The normalized spacial score (nSPS) is 21.1. The van der Waals surface area contributed by atoms with E-state index >= 15 is 0 Å². The highest BCUT2D eigenvalue weighted by Gasteiger charge is 2.30. The number of carbonyl (C=O) groups excluding carboxylic acids is 1. The van der Waals surface area contributed by atoms with E-state index in [9.17, 15) is 14.3 Å². The zero-order valence-corrected chi connectivity index (χ0v) is 10.3. The minimum Gasteiger partial charge on any atom is -0.394 e. The van der Waals surface area contributed by atoms with Gasteiger partial charge in [-0.2, -0.15) is 0 Å². The molecular formula is C13H17FN2O2. The summed E-state index contributed by atoms with van der Waals surface area (Å²) in [5.41, 5.74) is 0.763. The number of amides is 1. The molecule has 1 amide bonds. The molecule has 5 heteroatoms. The Balaban J connectivity index is 2.29. The Bertz CT molecular complexity index is 422. The Hall–Kier alpha value is -1.62. The van der Waals surface area contributed by atoms with Crippen molar-refractivity contribution in [2.75, 3.05) is 31.6 Å². The van der Waals surface area contributed by atoms with Crippen LogP contribution in [0, 0.1) is 5.82 Å². The van der Waals surface area contributed by atoms with Gasteiger partial charge in [0.15, 0.2) is 0 Å². The van der Waals surface area contributed by atoms with Crippen molar-refractivity contribution in [2.24, 2.45) is 0 Å². The molecule has 1 fully saturated rings. The maximum Gasteiger partial charge on any atom is 0.247 e. The molecule has 1 aliphatic heterocycles. The summed E-state index contributed by atoms with van der Waals surface area (Å²) in [5.74, 6) is -0.406. The number of nitrogens with zero attached hydrogens (tertiary/aromatic N) is 2. The van der Waals surface area contributed by atoms with Crippen LogP contribution in [0.1, 0.15) is 6.42 Å². The number of aliphatic hydroxyl groups excluding tert-OH is 1. The number of anilines is 1. The Morgan fingerprint density at radius 2 is 2.00 bits per heavy atom. The third kappa shape index (κ3) is 2.46. The molecule has 1 unspecified atom stereocenters. The first-order valence-corrected chi connectivity index (χ1v) is 6.01. The Morgan fingerprint density at radius 1 is 1.33 bits per heavy atom. The number of aliphatic hydroxyl groups is 1. The zero-order valence-electron chi connectivity index (χ0n) is 10.3. The van der Waals surface area contributed by atoms with Crippen LogP contribution in [-0.4, -0.2) is 48.7 Å². The van der Waals surface area contributed by atoms with Gasteiger partial charge in [-0.25, -0.2) is 4.39 Å². The van der Waals surface area contributed by atoms with Gasteiger partial charge in [0.05, 0.1) is 6.61 Å². The van der Waals surface area contributed by atoms with E-state index < -0.39 is 6.04 Å². The van der Waals surface area contributed by atoms with Crippen LogP contribution in [0.25, 0.3) is 0 Å². The van der Waals surface area contributed by atoms with Crippen molar-refractivity contribution in [2.45, 2.75) is 12.5 Å². The average Bonchev–Trinajstić information content (AvgIpc) is 2.51. The van der Waals surface area contributed by atoms with Gasteiger partial charge >= 0.3 is 0 Å². The summed E-state index contributed by atoms with van der Waals surface area (Å²) in [5, 5.41) is 9.43. The van der Waals surface area contributed by atoms with E-state index in [1.54, 1.807) is 24.1 Å². The molecule has 1 saturated heterocycles. The van der Waals surface area contributed by atoms with Crippen LogP contribution >= 0.6 is 0 Å². The van der Waals surface area contributed by atoms with Crippen LogP contribution in [-0.2, 0) is 4.79 Å². The largest absolute Gasteiger partial charge is 0.394 e. The molecule has 98 valence electrons. The van der Waals surface area contributed by atoms with E-state index in [1.807, 2.05) is 4.90 Å². The standard InChI is InChI=1S/C13H17FN2O2/c1-15-7-2-8-16(12(9-17)13(15)18)11-5-3-10(14)4-6-11/h3-6,12,17H,2,7-9H2,1H3. The van der Waals surface area contributed by atoms with E-state index in [4.69, 9.17) is 0 Å². The van der Waals surface area contributed by atoms with Crippen molar-refractivity contribution in [1.82, 2.24) is 4.90 Å². The van der Waals surface area contributed by atoms with Gasteiger partial charge in [-0.15, -0.1) is 0 Å². The second-order valence-corrected chi connectivity index (χ2v) is 4.48. The van der Waals surface area contributed by atoms with E-state index in [-0.39, 0.29) is 18.3 Å². The van der Waals surface area contributed by atoms with Gasteiger partial charge in [-0.3, -0.25) is 4.79 Å². The molecule has 1 aromatic carbocycles. The second-order valence-electron chi connectivity index (χ2n) is 4.48. The highest BCUT2D eigenvalue weighted by molar-refractivity contribution is 5.85. The molecule has 1 aromatic rings. The van der Waals surface area contributed by atoms with E-state index in [1.165, 1.54) is 12.1 Å². The van der Waals surface area contributed by atoms with Crippen LogP contribution in [0.3, 0.4) is 0 Å². The fourth-order valence-electron chi connectivity index (χ4n) is 2.25. The van der Waals surface area contributed by atoms with Gasteiger partial charge < -0.3 is 14.9 Å². The first-order chi connectivity index (χ1) is 8.63. The molecule has 0 saturated carbocycles. The minimum atomic E-state index is -0.581. The van der Waals surface area contributed by atoms with Gasteiger partial charge in [-0.05, 0) is 30.7 Å². The first kappa shape index (κ1) is 12.8. The SMILES string of the molecule is CN1CCCN(c2ccc(F)cc2)C(CO)C1=O. The van der Waals surface area contributed by atoms with Gasteiger partial charge in [0.25, 0.3) is 0 Å². The summed E-state index contributed by atoms with van der Waals surface area (Å²) in [7, 11) is 1.74. The van der Waals surface area contributed by atoms with Gasteiger partial charge in [0.2, 0.25) is 5.91 Å². The molecule has 2 rings (SSSR count). The quantitative estimate of drug-likeness (QED) is 0.849. The highest BCUT2D eigenvalue weighted by atomic mass is 19.1. The number of carbonyl (C=O) groups is 1. The molecule has 4 nitrogen and oxygen atoms in total. The van der Waals surface area contributed by atoms with Crippen LogP contribution in [0.15, 0.2) is 24.3 Å². The lowest BCUT2D eigenvalue weighted by molar-refractivity contribution is -0.131. The lowest BCUT2D eigenvalue weighted by Gasteiger charge is -2.30. The predicted molar refractivity (Wildman–Crippen MR) is 66.9 cm³/mol. The lowest BCUT2D eigenvalue weighted by Crippen LogP contribution is -2.47. The zero-order chi connectivity index (χ0) is 13.1. The lowest BCUT2D eigenvalue weighted by atomic mass is 10.2. The maximum atomic E-state index is 12.9. The van der Waals surface area contributed by atoms with E-state index in [0.717, 1.165) is 12.1 Å². The number of halogens is 1. The van der Waals surface area contributed by atoms with Crippen molar-refractivity contribution >= 4 is 11.6 Å². The topological polar surface area (TPSA) is 43.8 Å². The number of rotatable bonds is 2. The summed E-state index contributed by atoms with van der Waals surface area (Å²) in [4.78, 5) is 15.5. The Labute approximate surface area is 106 Å². The molecule has 0 bridgehead atoms. The predicted octanol–water partition coefficient (Wildman–Crippen LogP) is 0.855. The third-order valence-electron chi connectivity index (χ3n) is 3.26. The van der Waals surface area contributed by atoms with Crippen LogP contribution in [0.2, 0.25) is 0 Å². The minimum absolute atomic E-state index is 0.0978. The van der Waals surface area contributed by atoms with Crippen molar-refractivity contribution in [3.63, 3.8) is 0 Å². The number of likely N-dealkylation sites (N-methyl/N-ethyl adjacent to an activating group) is 1. The third-order valence-corrected chi connectivity index (χ3v) is 3.26. The number of hydrogen-bond donors (Lipinski definition) is 1. The summed E-state index contributed by atoms with van der Waals surface area (Å²) < 4.78 is 12.9. The summed E-state index contributed by atoms with van der Waals surface area (Å²) in [6.45, 7) is 1.11. The smallest absolute Gasteiger partial charge is 0.247 e. The fraction of sp³-hybridized carbons (Fsp3) is 0.462. The maximum absolute atomic E-state index is 12.9. The molecule has 0 aliphatic carbocycles.